The van der Waals surface area contributed by atoms with Crippen molar-refractivity contribution in [2.75, 3.05) is 16.3 Å². The summed E-state index contributed by atoms with van der Waals surface area (Å²) in [6.45, 7) is 4.09. The van der Waals surface area contributed by atoms with Crippen LogP contribution < -0.4 is 10.0 Å². The number of benzene rings is 2. The van der Waals surface area contributed by atoms with Gasteiger partial charge in [-0.25, -0.2) is 8.42 Å². The smallest absolute Gasteiger partial charge is 0.257 e. The molecule has 1 amide bonds. The predicted octanol–water partition coefficient (Wildman–Crippen LogP) is 3.43. The Morgan fingerprint density at radius 3 is 2.13 bits per heavy atom. The van der Waals surface area contributed by atoms with Gasteiger partial charge in [0.1, 0.15) is 0 Å². The first-order valence-corrected chi connectivity index (χ1v) is 9.14. The molecule has 2 aromatic carbocycles. The number of sulfonamides is 1. The third-order valence-corrected chi connectivity index (χ3v) is 3.89. The van der Waals surface area contributed by atoms with Gasteiger partial charge in [0.15, 0.2) is 0 Å². The third kappa shape index (κ3) is 4.56. The van der Waals surface area contributed by atoms with Crippen LogP contribution in [0.25, 0.3) is 0 Å². The maximum atomic E-state index is 12.5. The van der Waals surface area contributed by atoms with Gasteiger partial charge in [-0.3, -0.25) is 9.52 Å². The van der Waals surface area contributed by atoms with Gasteiger partial charge in [-0.05, 0) is 29.7 Å². The summed E-state index contributed by atoms with van der Waals surface area (Å²) in [6.07, 6.45) is 1.05. The molecule has 6 heteroatoms. The maximum absolute atomic E-state index is 12.5. The highest BCUT2D eigenvalue weighted by molar-refractivity contribution is 7.92. The number of hydrogen-bond acceptors (Lipinski definition) is 3. The van der Waals surface area contributed by atoms with E-state index in [0.717, 1.165) is 17.5 Å². The van der Waals surface area contributed by atoms with Crippen molar-refractivity contribution in [3.8, 4) is 0 Å². The van der Waals surface area contributed by atoms with Gasteiger partial charge in [0.25, 0.3) is 5.91 Å². The number of carbonyl (C=O) groups is 1. The zero-order valence-corrected chi connectivity index (χ0v) is 14.1. The van der Waals surface area contributed by atoms with Crippen molar-refractivity contribution in [1.29, 1.82) is 0 Å². The minimum Gasteiger partial charge on any atom is -0.322 e. The van der Waals surface area contributed by atoms with E-state index in [1.54, 1.807) is 24.3 Å². The normalized spacial score (nSPS) is 11.3. The molecule has 0 heterocycles. The van der Waals surface area contributed by atoms with Gasteiger partial charge in [-0.2, -0.15) is 0 Å². The summed E-state index contributed by atoms with van der Waals surface area (Å²) in [5.74, 6) is -0.0965. The first-order chi connectivity index (χ1) is 10.8. The minimum atomic E-state index is -3.46. The van der Waals surface area contributed by atoms with E-state index in [2.05, 4.69) is 10.0 Å². The predicted molar refractivity (Wildman–Crippen MR) is 93.4 cm³/mol. The molecular weight excluding hydrogens is 312 g/mol. The Balaban J connectivity index is 2.32. The van der Waals surface area contributed by atoms with Crippen molar-refractivity contribution in [2.45, 2.75) is 19.8 Å². The van der Waals surface area contributed by atoms with Gasteiger partial charge in [-0.1, -0.05) is 44.2 Å². The Morgan fingerprint density at radius 1 is 0.957 bits per heavy atom. The molecule has 0 aliphatic rings. The van der Waals surface area contributed by atoms with Crippen molar-refractivity contribution in [1.82, 2.24) is 0 Å². The van der Waals surface area contributed by atoms with Crippen LogP contribution in [0.4, 0.5) is 11.4 Å². The van der Waals surface area contributed by atoms with Gasteiger partial charge in [-0.15, -0.1) is 0 Å². The SMILES string of the molecule is CC(C)c1ccccc1NC(=O)c1ccccc1NS(C)(=O)=O. The molecule has 5 nitrogen and oxygen atoms in total. The van der Waals surface area contributed by atoms with Crippen molar-refractivity contribution >= 4 is 27.3 Å². The number of anilines is 2. The van der Waals surface area contributed by atoms with Gasteiger partial charge in [0.05, 0.1) is 17.5 Å². The molecule has 0 fully saturated rings. The number of rotatable bonds is 5. The molecule has 0 unspecified atom stereocenters. The lowest BCUT2D eigenvalue weighted by Gasteiger charge is -2.15. The molecule has 0 spiro atoms. The zero-order valence-electron chi connectivity index (χ0n) is 13.3. The molecule has 0 bridgehead atoms. The van der Waals surface area contributed by atoms with Crippen LogP contribution in [0, 0.1) is 0 Å². The first-order valence-electron chi connectivity index (χ1n) is 7.25. The first kappa shape index (κ1) is 17.0. The van der Waals surface area contributed by atoms with Crippen LogP contribution in [0.15, 0.2) is 48.5 Å². The Labute approximate surface area is 136 Å². The Hall–Kier alpha value is -2.34. The molecule has 2 aromatic rings. The zero-order chi connectivity index (χ0) is 17.0. The molecular formula is C17H20N2O3S. The van der Waals surface area contributed by atoms with Gasteiger partial charge >= 0.3 is 0 Å². The van der Waals surface area contributed by atoms with Crippen molar-refractivity contribution < 1.29 is 13.2 Å². The molecule has 0 aliphatic heterocycles. The van der Waals surface area contributed by atoms with Crippen molar-refractivity contribution in [3.63, 3.8) is 0 Å². The summed E-state index contributed by atoms with van der Waals surface area (Å²) < 4.78 is 25.2. The maximum Gasteiger partial charge on any atom is 0.257 e. The van der Waals surface area contributed by atoms with Gasteiger partial charge in [0.2, 0.25) is 10.0 Å². The topological polar surface area (TPSA) is 75.3 Å². The summed E-state index contributed by atoms with van der Waals surface area (Å²) >= 11 is 0. The molecule has 0 saturated carbocycles. The summed E-state index contributed by atoms with van der Waals surface area (Å²) in [6, 6.07) is 14.1. The molecule has 0 aliphatic carbocycles. The standard InChI is InChI=1S/C17H20N2O3S/c1-12(2)13-8-4-6-10-15(13)18-17(20)14-9-5-7-11-16(14)19-23(3,21)22/h4-12,19H,1-3H3,(H,18,20). The van der Waals surface area contributed by atoms with E-state index in [9.17, 15) is 13.2 Å². The molecule has 0 radical (unpaired) electrons. The van der Waals surface area contributed by atoms with E-state index in [0.29, 0.717) is 0 Å². The lowest BCUT2D eigenvalue weighted by Crippen LogP contribution is -2.18. The van der Waals surface area contributed by atoms with E-state index in [1.807, 2.05) is 38.1 Å². The number of nitrogens with one attached hydrogen (secondary N) is 2. The van der Waals surface area contributed by atoms with E-state index in [1.165, 1.54) is 0 Å². The molecule has 2 rings (SSSR count). The van der Waals surface area contributed by atoms with Gasteiger partial charge < -0.3 is 5.32 Å². The average Bonchev–Trinajstić information content (AvgIpc) is 2.46. The highest BCUT2D eigenvalue weighted by atomic mass is 32.2. The van der Waals surface area contributed by atoms with Crippen LogP contribution in [-0.4, -0.2) is 20.6 Å². The van der Waals surface area contributed by atoms with Crippen molar-refractivity contribution in [3.05, 3.63) is 59.7 Å². The van der Waals surface area contributed by atoms with Crippen LogP contribution in [-0.2, 0) is 10.0 Å². The molecule has 122 valence electrons. The second-order valence-electron chi connectivity index (χ2n) is 5.62. The second-order valence-corrected chi connectivity index (χ2v) is 7.36. The molecule has 2 N–H and O–H groups in total. The van der Waals surface area contributed by atoms with E-state index in [-0.39, 0.29) is 23.1 Å². The molecule has 0 saturated heterocycles. The van der Waals surface area contributed by atoms with Crippen LogP contribution in [0.2, 0.25) is 0 Å². The third-order valence-electron chi connectivity index (χ3n) is 3.30. The van der Waals surface area contributed by atoms with E-state index in [4.69, 9.17) is 0 Å². The van der Waals surface area contributed by atoms with Crippen LogP contribution in [0.1, 0.15) is 35.7 Å². The average molecular weight is 332 g/mol. The quantitative estimate of drug-likeness (QED) is 0.881. The lowest BCUT2D eigenvalue weighted by atomic mass is 10.0. The number of amides is 1. The summed E-state index contributed by atoms with van der Waals surface area (Å²) in [7, 11) is -3.46. The Kier molecular flexibility index (Phi) is 5.05. The summed E-state index contributed by atoms with van der Waals surface area (Å²) in [4.78, 5) is 12.5. The number of hydrogen-bond donors (Lipinski definition) is 2. The van der Waals surface area contributed by atoms with Gasteiger partial charge in [0, 0.05) is 5.69 Å². The van der Waals surface area contributed by atoms with Crippen LogP contribution in [0.5, 0.6) is 0 Å². The number of carbonyl (C=O) groups excluding carboxylic acids is 1. The van der Waals surface area contributed by atoms with Crippen LogP contribution >= 0.6 is 0 Å². The fourth-order valence-corrected chi connectivity index (χ4v) is 2.85. The van der Waals surface area contributed by atoms with Crippen LogP contribution in [0.3, 0.4) is 0 Å². The van der Waals surface area contributed by atoms with E-state index < -0.39 is 10.0 Å². The summed E-state index contributed by atoms with van der Waals surface area (Å²) in [5, 5.41) is 2.86. The fourth-order valence-electron chi connectivity index (χ4n) is 2.27. The molecule has 0 atom stereocenters. The van der Waals surface area contributed by atoms with E-state index >= 15 is 0 Å². The Bertz CT molecular complexity index is 814. The highest BCUT2D eigenvalue weighted by Crippen LogP contribution is 2.25. The fraction of sp³-hybridized carbons (Fsp3) is 0.235. The second kappa shape index (κ2) is 6.83. The largest absolute Gasteiger partial charge is 0.322 e. The lowest BCUT2D eigenvalue weighted by molar-refractivity contribution is 0.102. The summed E-state index contributed by atoms with van der Waals surface area (Å²) in [5.41, 5.74) is 2.28. The Morgan fingerprint density at radius 2 is 1.52 bits per heavy atom. The molecule has 0 aromatic heterocycles. The highest BCUT2D eigenvalue weighted by Gasteiger charge is 2.15. The number of para-hydroxylation sites is 2. The molecule has 23 heavy (non-hydrogen) atoms. The van der Waals surface area contributed by atoms with Crippen molar-refractivity contribution in [2.24, 2.45) is 0 Å². The minimum absolute atomic E-state index is 0.259. The monoisotopic (exact) mass is 332 g/mol.